The van der Waals surface area contributed by atoms with E-state index in [-0.39, 0.29) is 42.3 Å². The largest absolute Gasteiger partial charge is 0.353 e. The van der Waals surface area contributed by atoms with Crippen molar-refractivity contribution in [1.29, 1.82) is 0 Å². The lowest BCUT2D eigenvalue weighted by Gasteiger charge is -2.34. The Morgan fingerprint density at radius 3 is 2.69 bits per heavy atom. The first kappa shape index (κ1) is 23.8. The van der Waals surface area contributed by atoms with Crippen molar-refractivity contribution in [2.24, 2.45) is 4.99 Å². The van der Waals surface area contributed by atoms with Gasteiger partial charge in [-0.05, 0) is 24.1 Å². The first-order chi connectivity index (χ1) is 13.6. The average Bonchev–Trinajstić information content (AvgIpc) is 2.74. The van der Waals surface area contributed by atoms with Crippen molar-refractivity contribution in [3.63, 3.8) is 0 Å². The quantitative estimate of drug-likeness (QED) is 0.352. The van der Waals surface area contributed by atoms with Crippen LogP contribution in [0.15, 0.2) is 29.3 Å². The van der Waals surface area contributed by atoms with E-state index in [9.17, 15) is 9.59 Å². The van der Waals surface area contributed by atoms with E-state index in [0.717, 1.165) is 30.4 Å². The number of guanidine groups is 1. The molecular weight excluding hydrogens is 501 g/mol. The molecule has 0 radical (unpaired) electrons. The minimum atomic E-state index is -0.103. The Hall–Kier alpha value is -1.49. The summed E-state index contributed by atoms with van der Waals surface area (Å²) < 4.78 is 0. The maximum absolute atomic E-state index is 12.5. The second-order valence-electron chi connectivity index (χ2n) is 7.02. The number of halogens is 1. The lowest BCUT2D eigenvalue weighted by molar-refractivity contribution is -0.123. The van der Waals surface area contributed by atoms with Crippen molar-refractivity contribution >= 4 is 53.5 Å². The summed E-state index contributed by atoms with van der Waals surface area (Å²) in [6.07, 6.45) is 1.17. The van der Waals surface area contributed by atoms with Crippen LogP contribution in [0.2, 0.25) is 0 Å². The van der Waals surface area contributed by atoms with Crippen LogP contribution in [0, 0.1) is 0 Å². The molecule has 1 aromatic rings. The molecule has 0 bridgehead atoms. The van der Waals surface area contributed by atoms with Gasteiger partial charge in [0.2, 0.25) is 5.91 Å². The average molecular weight is 531 g/mol. The van der Waals surface area contributed by atoms with Gasteiger partial charge in [0.15, 0.2) is 5.96 Å². The van der Waals surface area contributed by atoms with Crippen LogP contribution in [0.25, 0.3) is 0 Å². The summed E-state index contributed by atoms with van der Waals surface area (Å²) in [5, 5.41) is 6.83. The van der Waals surface area contributed by atoms with E-state index in [4.69, 9.17) is 0 Å². The third-order valence-corrected chi connectivity index (χ3v) is 6.45. The van der Waals surface area contributed by atoms with Crippen molar-refractivity contribution in [2.75, 3.05) is 45.5 Å². The monoisotopic (exact) mass is 531 g/mol. The lowest BCUT2D eigenvalue weighted by Crippen LogP contribution is -2.49. The predicted octanol–water partition coefficient (Wildman–Crippen LogP) is 1.78. The Labute approximate surface area is 194 Å². The zero-order valence-electron chi connectivity index (χ0n) is 17.0. The molecule has 3 rings (SSSR count). The molecule has 9 heteroatoms. The van der Waals surface area contributed by atoms with Gasteiger partial charge >= 0.3 is 0 Å². The topological polar surface area (TPSA) is 77.0 Å². The number of amides is 2. The molecule has 1 atom stereocenters. The number of hydrogen-bond acceptors (Lipinski definition) is 4. The van der Waals surface area contributed by atoms with Crippen LogP contribution in [0.5, 0.6) is 0 Å². The second-order valence-corrected chi connectivity index (χ2v) is 8.43. The third kappa shape index (κ3) is 6.50. The van der Waals surface area contributed by atoms with E-state index >= 15 is 0 Å². The standard InChI is InChI=1S/C20H29N5O2S.HI/c1-3-17-13-25(10-11-28-17)20(21-2)23-12-15-4-6-16(7-5-15)19(27)24-9-8-22-18(26)14-24;/h4-7,17H,3,8-14H2,1-2H3,(H,21,23)(H,22,26);1H. The molecule has 0 spiro atoms. The Bertz CT molecular complexity index is 728. The number of nitrogens with zero attached hydrogens (tertiary/aromatic N) is 3. The lowest BCUT2D eigenvalue weighted by atomic mass is 10.1. The number of thioether (sulfide) groups is 1. The van der Waals surface area contributed by atoms with Gasteiger partial charge in [-0.25, -0.2) is 0 Å². The number of carbonyl (C=O) groups excluding carboxylic acids is 2. The first-order valence-corrected chi connectivity index (χ1v) is 10.9. The number of hydrogen-bond donors (Lipinski definition) is 2. The molecule has 2 aliphatic rings. The van der Waals surface area contributed by atoms with Crippen LogP contribution >= 0.6 is 35.7 Å². The van der Waals surface area contributed by atoms with Crippen LogP contribution in [0.4, 0.5) is 0 Å². The zero-order chi connectivity index (χ0) is 19.9. The number of rotatable bonds is 4. The van der Waals surface area contributed by atoms with Crippen molar-refractivity contribution in [1.82, 2.24) is 20.4 Å². The fourth-order valence-electron chi connectivity index (χ4n) is 3.43. The first-order valence-electron chi connectivity index (χ1n) is 9.82. The molecule has 7 nitrogen and oxygen atoms in total. The minimum Gasteiger partial charge on any atom is -0.353 e. The van der Waals surface area contributed by atoms with E-state index in [1.165, 1.54) is 6.42 Å². The van der Waals surface area contributed by atoms with Crippen molar-refractivity contribution in [2.45, 2.75) is 25.1 Å². The van der Waals surface area contributed by atoms with E-state index in [0.29, 0.717) is 30.4 Å². The SMILES string of the molecule is CCC1CN(C(=NC)NCc2ccc(C(=O)N3CCNC(=O)C3)cc2)CCS1.I. The van der Waals surface area contributed by atoms with Crippen LogP contribution in [-0.2, 0) is 11.3 Å². The molecule has 2 saturated heterocycles. The summed E-state index contributed by atoms with van der Waals surface area (Å²) in [5.41, 5.74) is 1.70. The van der Waals surface area contributed by atoms with Gasteiger partial charge in [-0.15, -0.1) is 24.0 Å². The van der Waals surface area contributed by atoms with Gasteiger partial charge in [-0.3, -0.25) is 14.6 Å². The van der Waals surface area contributed by atoms with Crippen LogP contribution in [0.3, 0.4) is 0 Å². The van der Waals surface area contributed by atoms with E-state index in [2.05, 4.69) is 27.4 Å². The third-order valence-electron chi connectivity index (χ3n) is 5.08. The van der Waals surface area contributed by atoms with E-state index in [1.54, 1.807) is 4.90 Å². The molecule has 2 fully saturated rings. The Morgan fingerprint density at radius 1 is 1.28 bits per heavy atom. The number of nitrogens with one attached hydrogen (secondary N) is 2. The molecule has 2 aliphatic heterocycles. The minimum absolute atomic E-state index is 0. The second kappa shape index (κ2) is 11.6. The Morgan fingerprint density at radius 2 is 2.03 bits per heavy atom. The van der Waals surface area contributed by atoms with Crippen LogP contribution in [0.1, 0.15) is 29.3 Å². The summed E-state index contributed by atoms with van der Waals surface area (Å²) in [6, 6.07) is 7.58. The molecule has 2 amide bonds. The molecule has 2 heterocycles. The highest BCUT2D eigenvalue weighted by molar-refractivity contribution is 14.0. The number of carbonyl (C=O) groups is 2. The fraction of sp³-hybridized carbons (Fsp3) is 0.550. The molecule has 2 N–H and O–H groups in total. The van der Waals surface area contributed by atoms with Crippen LogP contribution < -0.4 is 10.6 Å². The molecule has 1 unspecified atom stereocenters. The smallest absolute Gasteiger partial charge is 0.254 e. The van der Waals surface area contributed by atoms with Gasteiger partial charge < -0.3 is 20.4 Å². The van der Waals surface area contributed by atoms with Crippen molar-refractivity contribution < 1.29 is 9.59 Å². The molecule has 1 aromatic carbocycles. The Kier molecular flexibility index (Phi) is 9.54. The van der Waals surface area contributed by atoms with Gasteiger partial charge in [-0.2, -0.15) is 11.8 Å². The summed E-state index contributed by atoms with van der Waals surface area (Å²) in [5.74, 6) is 1.86. The highest BCUT2D eigenvalue weighted by Gasteiger charge is 2.23. The molecule has 0 saturated carbocycles. The van der Waals surface area contributed by atoms with Gasteiger partial charge in [0.25, 0.3) is 5.91 Å². The highest BCUT2D eigenvalue weighted by atomic mass is 127. The predicted molar refractivity (Wildman–Crippen MR) is 129 cm³/mol. The maximum atomic E-state index is 12.5. The fourth-order valence-corrected chi connectivity index (χ4v) is 4.61. The normalized spacial score (nSPS) is 20.0. The summed E-state index contributed by atoms with van der Waals surface area (Å²) in [4.78, 5) is 32.4. The highest BCUT2D eigenvalue weighted by Crippen LogP contribution is 2.21. The molecule has 29 heavy (non-hydrogen) atoms. The van der Waals surface area contributed by atoms with E-state index in [1.807, 2.05) is 43.1 Å². The van der Waals surface area contributed by atoms with Gasteiger partial charge in [0, 0.05) is 56.3 Å². The maximum Gasteiger partial charge on any atom is 0.254 e. The van der Waals surface area contributed by atoms with Crippen molar-refractivity contribution in [3.05, 3.63) is 35.4 Å². The summed E-state index contributed by atoms with van der Waals surface area (Å²) in [6.45, 7) is 6.13. The molecular formula is C20H30IN5O2S. The summed E-state index contributed by atoms with van der Waals surface area (Å²) >= 11 is 2.04. The van der Waals surface area contributed by atoms with Gasteiger partial charge in [0.1, 0.15) is 0 Å². The van der Waals surface area contributed by atoms with Crippen molar-refractivity contribution in [3.8, 4) is 0 Å². The molecule has 0 aromatic heterocycles. The molecule has 0 aliphatic carbocycles. The van der Waals surface area contributed by atoms with Gasteiger partial charge in [0.05, 0.1) is 6.54 Å². The zero-order valence-corrected chi connectivity index (χ0v) is 20.2. The number of piperazine rings is 1. The Balaban J connectivity index is 0.00000300. The van der Waals surface area contributed by atoms with E-state index < -0.39 is 0 Å². The van der Waals surface area contributed by atoms with Crippen LogP contribution in [-0.4, -0.2) is 78.3 Å². The molecule has 160 valence electrons. The number of benzene rings is 1. The summed E-state index contributed by atoms with van der Waals surface area (Å²) in [7, 11) is 1.82. The van der Waals surface area contributed by atoms with Gasteiger partial charge in [-0.1, -0.05) is 19.1 Å². The number of aliphatic imine (C=N–C) groups is 1.